The van der Waals surface area contributed by atoms with Crippen LogP contribution >= 0.6 is 11.3 Å². The summed E-state index contributed by atoms with van der Waals surface area (Å²) in [5.41, 5.74) is 8.29. The predicted octanol–water partition coefficient (Wildman–Crippen LogP) is 12.6. The molecule has 6 heteroatoms. The minimum absolute atomic E-state index is 0.645. The minimum Gasteiger partial charge on any atom is -0.456 e. The van der Waals surface area contributed by atoms with Crippen LogP contribution in [0, 0.1) is 0 Å². The van der Waals surface area contributed by atoms with E-state index >= 15 is 0 Å². The van der Waals surface area contributed by atoms with Gasteiger partial charge in [-0.15, -0.1) is 11.3 Å². The van der Waals surface area contributed by atoms with E-state index in [0.29, 0.717) is 5.95 Å². The third-order valence-corrected chi connectivity index (χ3v) is 11.4. The highest BCUT2D eigenvalue weighted by Crippen LogP contribution is 2.43. The van der Waals surface area contributed by atoms with Crippen molar-refractivity contribution in [1.29, 1.82) is 0 Å². The molecule has 0 bridgehead atoms. The van der Waals surface area contributed by atoms with Crippen LogP contribution in [-0.2, 0) is 0 Å². The molecule has 0 radical (unpaired) electrons. The van der Waals surface area contributed by atoms with Gasteiger partial charge in [0.25, 0.3) is 0 Å². The maximum absolute atomic E-state index is 6.54. The normalized spacial score (nSPS) is 12.4. The van der Waals surface area contributed by atoms with Crippen LogP contribution in [0.1, 0.15) is 0 Å². The van der Waals surface area contributed by atoms with Crippen molar-refractivity contribution in [2.24, 2.45) is 0 Å². The van der Waals surface area contributed by atoms with Gasteiger partial charge in [0.2, 0.25) is 5.95 Å². The van der Waals surface area contributed by atoms with Crippen LogP contribution in [0.25, 0.3) is 114 Å². The second-order valence-electron chi connectivity index (χ2n) is 12.9. The summed E-state index contributed by atoms with van der Waals surface area (Å²) in [5, 5.41) is 10.1. The standard InChI is InChI=1S/C44H23N3O2S/c1-2-10-25-22-34-32(21-24(25)9-1)27-11-3-6-14-33(27)47(34)44-45-40(43-41(46-44)31-13-5-8-16-38(31)50-43)26-17-18-30-37(23-26)48-36-20-19-29-28-12-4-7-15-35(28)49-42(29)39(30)36/h1-23H. The van der Waals surface area contributed by atoms with Gasteiger partial charge in [0.05, 0.1) is 32.3 Å². The molecule has 0 unspecified atom stereocenters. The van der Waals surface area contributed by atoms with Gasteiger partial charge in [0, 0.05) is 42.6 Å². The Balaban J connectivity index is 1.16. The number of benzene rings is 7. The lowest BCUT2D eigenvalue weighted by molar-refractivity contribution is 0.663. The Morgan fingerprint density at radius 1 is 0.500 bits per heavy atom. The summed E-state index contributed by atoms with van der Waals surface area (Å²) in [7, 11) is 0. The quantitative estimate of drug-likeness (QED) is 0.186. The van der Waals surface area contributed by atoms with Crippen molar-refractivity contribution >= 4 is 108 Å². The Kier molecular flexibility index (Phi) is 5.06. The van der Waals surface area contributed by atoms with E-state index in [-0.39, 0.29) is 0 Å². The molecule has 5 aromatic heterocycles. The third kappa shape index (κ3) is 3.50. The van der Waals surface area contributed by atoms with Gasteiger partial charge in [-0.25, -0.2) is 9.97 Å². The molecule has 0 aliphatic heterocycles. The zero-order chi connectivity index (χ0) is 32.5. The molecule has 0 atom stereocenters. The van der Waals surface area contributed by atoms with Crippen LogP contribution < -0.4 is 0 Å². The Hall–Kier alpha value is -6.50. The van der Waals surface area contributed by atoms with Crippen molar-refractivity contribution in [1.82, 2.24) is 14.5 Å². The van der Waals surface area contributed by atoms with Gasteiger partial charge >= 0.3 is 0 Å². The third-order valence-electron chi connectivity index (χ3n) is 10.2. The van der Waals surface area contributed by atoms with Gasteiger partial charge in [-0.3, -0.25) is 4.57 Å². The van der Waals surface area contributed by atoms with E-state index in [4.69, 9.17) is 18.8 Å². The molecule has 50 heavy (non-hydrogen) atoms. The Bertz CT molecular complexity index is 3400. The lowest BCUT2D eigenvalue weighted by Gasteiger charge is -2.10. The van der Waals surface area contributed by atoms with Gasteiger partial charge in [0.15, 0.2) is 0 Å². The SMILES string of the molecule is c1ccc2cc3c(cc2c1)c1ccccc1n3-c1nc(-c2ccc3c(c2)oc2ccc4c5ccccc5oc4c23)c2sc3ccccc3c2n1. The molecule has 12 aromatic rings. The van der Waals surface area contributed by atoms with E-state index in [0.717, 1.165) is 81.8 Å². The van der Waals surface area contributed by atoms with E-state index in [1.54, 1.807) is 11.3 Å². The monoisotopic (exact) mass is 657 g/mol. The lowest BCUT2D eigenvalue weighted by atomic mass is 10.1. The summed E-state index contributed by atoms with van der Waals surface area (Å²) < 4.78 is 17.4. The number of hydrogen-bond donors (Lipinski definition) is 0. The lowest BCUT2D eigenvalue weighted by Crippen LogP contribution is -2.02. The number of thiophene rings is 1. The average molecular weight is 658 g/mol. The van der Waals surface area contributed by atoms with Crippen LogP contribution in [-0.4, -0.2) is 14.5 Å². The highest BCUT2D eigenvalue weighted by atomic mass is 32.1. The molecule has 0 spiro atoms. The van der Waals surface area contributed by atoms with Crippen LogP contribution in [0.3, 0.4) is 0 Å². The molecular weight excluding hydrogens is 635 g/mol. The minimum atomic E-state index is 0.645. The van der Waals surface area contributed by atoms with E-state index in [1.807, 2.05) is 18.2 Å². The van der Waals surface area contributed by atoms with Crippen LogP contribution in [0.4, 0.5) is 0 Å². The largest absolute Gasteiger partial charge is 0.456 e. The molecule has 232 valence electrons. The summed E-state index contributed by atoms with van der Waals surface area (Å²) in [6, 6.07) is 48.9. The van der Waals surface area contributed by atoms with Gasteiger partial charge in [-0.2, -0.15) is 0 Å². The van der Waals surface area contributed by atoms with Crippen molar-refractivity contribution in [3.63, 3.8) is 0 Å². The fraction of sp³-hybridized carbons (Fsp3) is 0. The summed E-state index contributed by atoms with van der Waals surface area (Å²) >= 11 is 1.73. The van der Waals surface area contributed by atoms with Gasteiger partial charge < -0.3 is 8.83 Å². The molecule has 0 amide bonds. The van der Waals surface area contributed by atoms with E-state index < -0.39 is 0 Å². The number of para-hydroxylation sites is 2. The first-order valence-electron chi connectivity index (χ1n) is 16.7. The zero-order valence-corrected chi connectivity index (χ0v) is 27.2. The van der Waals surface area contributed by atoms with Gasteiger partial charge in [-0.1, -0.05) is 84.9 Å². The molecule has 0 saturated carbocycles. The van der Waals surface area contributed by atoms with E-state index in [2.05, 4.69) is 126 Å². The summed E-state index contributed by atoms with van der Waals surface area (Å²) in [6.45, 7) is 0. The number of rotatable bonds is 2. The average Bonchev–Trinajstić information content (AvgIpc) is 3.91. The number of hydrogen-bond acceptors (Lipinski definition) is 5. The van der Waals surface area contributed by atoms with Crippen LogP contribution in [0.2, 0.25) is 0 Å². The molecule has 0 N–H and O–H groups in total. The Labute approximate surface area is 287 Å². The smallest absolute Gasteiger partial charge is 0.235 e. The van der Waals surface area contributed by atoms with Gasteiger partial charge in [-0.05, 0) is 65.4 Å². The molecule has 5 nitrogen and oxygen atoms in total. The first-order valence-corrected chi connectivity index (χ1v) is 17.5. The Morgan fingerprint density at radius 3 is 2.18 bits per heavy atom. The maximum atomic E-state index is 6.54. The topological polar surface area (TPSA) is 57.0 Å². The number of fused-ring (bicyclic) bond motifs is 14. The highest BCUT2D eigenvalue weighted by molar-refractivity contribution is 7.26. The van der Waals surface area contributed by atoms with Crippen LogP contribution in [0.15, 0.2) is 148 Å². The van der Waals surface area contributed by atoms with Crippen molar-refractivity contribution in [2.75, 3.05) is 0 Å². The number of aromatic nitrogens is 3. The fourth-order valence-electron chi connectivity index (χ4n) is 7.94. The molecular formula is C44H23N3O2S. The second-order valence-corrected chi connectivity index (χ2v) is 14.0. The zero-order valence-electron chi connectivity index (χ0n) is 26.3. The summed E-state index contributed by atoms with van der Waals surface area (Å²) in [5.74, 6) is 0.645. The van der Waals surface area contributed by atoms with E-state index in [1.165, 1.54) is 26.2 Å². The summed E-state index contributed by atoms with van der Waals surface area (Å²) in [4.78, 5) is 10.8. The molecule has 7 aromatic carbocycles. The molecule has 5 heterocycles. The first-order chi connectivity index (χ1) is 24.8. The number of nitrogens with zero attached hydrogens (tertiary/aromatic N) is 3. The van der Waals surface area contributed by atoms with Crippen molar-refractivity contribution in [3.8, 4) is 17.2 Å². The first kappa shape index (κ1) is 26.5. The Morgan fingerprint density at radius 2 is 1.26 bits per heavy atom. The summed E-state index contributed by atoms with van der Waals surface area (Å²) in [6.07, 6.45) is 0. The molecule has 0 saturated heterocycles. The van der Waals surface area contributed by atoms with Crippen molar-refractivity contribution in [3.05, 3.63) is 140 Å². The van der Waals surface area contributed by atoms with Gasteiger partial charge in [0.1, 0.15) is 22.3 Å². The predicted molar refractivity (Wildman–Crippen MR) is 207 cm³/mol. The maximum Gasteiger partial charge on any atom is 0.235 e. The van der Waals surface area contributed by atoms with E-state index in [9.17, 15) is 0 Å². The molecule has 12 rings (SSSR count). The molecule has 0 aliphatic carbocycles. The van der Waals surface area contributed by atoms with Crippen LogP contribution in [0.5, 0.6) is 0 Å². The molecule has 0 fully saturated rings. The number of furan rings is 2. The highest BCUT2D eigenvalue weighted by Gasteiger charge is 2.22. The molecule has 0 aliphatic rings. The van der Waals surface area contributed by atoms with Crippen molar-refractivity contribution in [2.45, 2.75) is 0 Å². The van der Waals surface area contributed by atoms with Crippen molar-refractivity contribution < 1.29 is 8.83 Å². The fourth-order valence-corrected chi connectivity index (χ4v) is 9.09. The second kappa shape index (κ2) is 9.56.